The van der Waals surface area contributed by atoms with Crippen LogP contribution in [0.15, 0.2) is 18.2 Å². The Labute approximate surface area is 137 Å². The summed E-state index contributed by atoms with van der Waals surface area (Å²) in [7, 11) is 1.00. The Morgan fingerprint density at radius 2 is 1.78 bits per heavy atom. The third-order valence-electron chi connectivity index (χ3n) is 2.61. The van der Waals surface area contributed by atoms with Crippen molar-refractivity contribution in [3.05, 3.63) is 29.3 Å². The van der Waals surface area contributed by atoms with Gasteiger partial charge in [0, 0.05) is 18.6 Å². The second-order valence-electron chi connectivity index (χ2n) is 5.86. The number of aromatic hydroxyl groups is 1. The van der Waals surface area contributed by atoms with Gasteiger partial charge in [-0.25, -0.2) is 0 Å². The lowest BCUT2D eigenvalue weighted by Gasteiger charge is -2.20. The van der Waals surface area contributed by atoms with Crippen molar-refractivity contribution in [2.75, 3.05) is 13.7 Å². The first-order valence-electron chi connectivity index (χ1n) is 7.14. The Morgan fingerprint density at radius 1 is 1.30 bits per heavy atom. The summed E-state index contributed by atoms with van der Waals surface area (Å²) < 4.78 is 0. The van der Waals surface area contributed by atoms with Crippen molar-refractivity contribution in [1.29, 1.82) is 0 Å². The molecule has 1 aromatic rings. The summed E-state index contributed by atoms with van der Waals surface area (Å²) in [4.78, 5) is 8.89. The van der Waals surface area contributed by atoms with Gasteiger partial charge in [-0.05, 0) is 45.4 Å². The lowest BCUT2D eigenvalue weighted by Crippen LogP contribution is -2.95. The van der Waals surface area contributed by atoms with Gasteiger partial charge in [0.1, 0.15) is 18.4 Å². The molecule has 0 aliphatic rings. The van der Waals surface area contributed by atoms with Gasteiger partial charge in [-0.15, -0.1) is 0 Å². The van der Waals surface area contributed by atoms with Crippen molar-refractivity contribution >= 4 is 5.97 Å². The monoisotopic (exact) mass is 331 g/mol. The fraction of sp³-hybridized carbons (Fsp3) is 0.562. The molecule has 6 N–H and O–H groups in total. The first kappa shape index (κ1) is 23.6. The zero-order valence-electron chi connectivity index (χ0n) is 14.4. The second-order valence-corrected chi connectivity index (χ2v) is 5.86. The van der Waals surface area contributed by atoms with Crippen molar-refractivity contribution < 1.29 is 35.6 Å². The van der Waals surface area contributed by atoms with Gasteiger partial charge in [0.25, 0.3) is 0 Å². The Morgan fingerprint density at radius 3 is 2.17 bits per heavy atom. The molecule has 1 atom stereocenters. The van der Waals surface area contributed by atoms with Crippen LogP contribution in [0.3, 0.4) is 0 Å². The first-order valence-corrected chi connectivity index (χ1v) is 7.14. The minimum absolute atomic E-state index is 0.0586. The van der Waals surface area contributed by atoms with Crippen LogP contribution >= 0.6 is 0 Å². The number of quaternary nitrogens is 1. The van der Waals surface area contributed by atoms with Crippen LogP contribution in [-0.4, -0.2) is 45.6 Å². The summed E-state index contributed by atoms with van der Waals surface area (Å²) >= 11 is 0. The maximum absolute atomic E-state index is 10.0. The molecule has 1 aromatic carbocycles. The molecule has 0 radical (unpaired) electrons. The van der Waals surface area contributed by atoms with Crippen LogP contribution in [0.25, 0.3) is 0 Å². The zero-order chi connectivity index (χ0) is 18.6. The number of phenols is 1. The number of carbonyl (C=O) groups is 1. The molecule has 0 heterocycles. The number of benzene rings is 1. The van der Waals surface area contributed by atoms with Gasteiger partial charge in [0.05, 0.1) is 12.1 Å². The van der Waals surface area contributed by atoms with Crippen molar-refractivity contribution in [2.45, 2.75) is 45.9 Å². The first-order chi connectivity index (χ1) is 10.6. The highest BCUT2D eigenvalue weighted by atomic mass is 16.4. The molecule has 7 heteroatoms. The topological polar surface area (TPSA) is 138 Å². The van der Waals surface area contributed by atoms with Gasteiger partial charge < -0.3 is 35.6 Å². The molecule has 0 unspecified atom stereocenters. The van der Waals surface area contributed by atoms with E-state index in [0.717, 1.165) is 14.0 Å². The van der Waals surface area contributed by atoms with Crippen LogP contribution in [0.4, 0.5) is 0 Å². The van der Waals surface area contributed by atoms with Crippen LogP contribution in [0.5, 0.6) is 5.75 Å². The molecular weight excluding hydrogens is 302 g/mol. The van der Waals surface area contributed by atoms with Crippen molar-refractivity contribution in [2.24, 2.45) is 0 Å². The van der Waals surface area contributed by atoms with E-state index in [4.69, 9.17) is 20.1 Å². The third kappa shape index (κ3) is 12.5. The summed E-state index contributed by atoms with van der Waals surface area (Å²) in [6.45, 7) is 7.54. The van der Waals surface area contributed by atoms with Crippen LogP contribution in [0.2, 0.25) is 0 Å². The number of rotatable bonds is 4. The van der Waals surface area contributed by atoms with E-state index in [0.29, 0.717) is 17.7 Å². The predicted molar refractivity (Wildman–Crippen MR) is 84.4 cm³/mol. The molecule has 0 fully saturated rings. The maximum atomic E-state index is 10.0. The molecule has 0 saturated carbocycles. The van der Waals surface area contributed by atoms with Crippen LogP contribution in [0.1, 0.15) is 44.9 Å². The minimum Gasteiger partial charge on any atom is -0.550 e. The third-order valence-corrected chi connectivity index (χ3v) is 2.61. The molecule has 134 valence electrons. The van der Waals surface area contributed by atoms with E-state index in [1.54, 1.807) is 12.1 Å². The van der Waals surface area contributed by atoms with Gasteiger partial charge in [0.15, 0.2) is 0 Å². The van der Waals surface area contributed by atoms with E-state index in [1.807, 2.05) is 0 Å². The number of nitrogens with two attached hydrogens (primary N) is 1. The lowest BCUT2D eigenvalue weighted by molar-refractivity contribution is -0.722. The van der Waals surface area contributed by atoms with E-state index < -0.39 is 12.1 Å². The molecule has 0 amide bonds. The zero-order valence-corrected chi connectivity index (χ0v) is 14.4. The SMILES string of the molecule is CC(=O)[O-].CC(C)(C)[NH2+]C[C@H](O)c1ccc(O)c(CO)c1.CO. The number of aliphatic hydroxyl groups is 3. The number of hydrogen-bond donors (Lipinski definition) is 5. The van der Waals surface area contributed by atoms with E-state index in [2.05, 4.69) is 26.1 Å². The number of aliphatic carboxylic acids is 1. The molecule has 7 nitrogen and oxygen atoms in total. The highest BCUT2D eigenvalue weighted by Crippen LogP contribution is 2.21. The summed E-state index contributed by atoms with van der Waals surface area (Å²) in [6, 6.07) is 4.81. The molecule has 0 saturated heterocycles. The van der Waals surface area contributed by atoms with E-state index in [1.165, 1.54) is 6.07 Å². The molecular formula is C16H29NO6. The van der Waals surface area contributed by atoms with Crippen molar-refractivity contribution in [3.8, 4) is 5.75 Å². The average Bonchev–Trinajstić information content (AvgIpc) is 2.46. The normalized spacial score (nSPS) is 11.5. The fourth-order valence-corrected chi connectivity index (χ4v) is 1.54. The molecule has 23 heavy (non-hydrogen) atoms. The predicted octanol–water partition coefficient (Wildman–Crippen LogP) is -1.36. The van der Waals surface area contributed by atoms with E-state index >= 15 is 0 Å². The quantitative estimate of drug-likeness (QED) is 0.462. The number of hydrogen-bond acceptors (Lipinski definition) is 6. The molecule has 0 bridgehead atoms. The van der Waals surface area contributed by atoms with Gasteiger partial charge in [-0.2, -0.15) is 0 Å². The van der Waals surface area contributed by atoms with Crippen molar-refractivity contribution in [3.63, 3.8) is 0 Å². The Kier molecular flexibility index (Phi) is 12.1. The highest BCUT2D eigenvalue weighted by molar-refractivity contribution is 5.60. The van der Waals surface area contributed by atoms with Crippen LogP contribution in [0, 0.1) is 0 Å². The fourth-order valence-electron chi connectivity index (χ4n) is 1.54. The van der Waals surface area contributed by atoms with E-state index in [9.17, 15) is 10.2 Å². The van der Waals surface area contributed by atoms with Crippen LogP contribution in [-0.2, 0) is 11.4 Å². The minimum atomic E-state index is -1.08. The molecule has 1 rings (SSSR count). The highest BCUT2D eigenvalue weighted by Gasteiger charge is 2.17. The molecule has 0 aromatic heterocycles. The largest absolute Gasteiger partial charge is 0.550 e. The van der Waals surface area contributed by atoms with Gasteiger partial charge in [0.2, 0.25) is 0 Å². The Hall–Kier alpha value is -1.67. The van der Waals surface area contributed by atoms with Gasteiger partial charge >= 0.3 is 0 Å². The summed E-state index contributed by atoms with van der Waals surface area (Å²) in [5, 5.41) is 46.4. The lowest BCUT2D eigenvalue weighted by atomic mass is 10.0. The Balaban J connectivity index is 0. The van der Waals surface area contributed by atoms with Crippen LogP contribution < -0.4 is 10.4 Å². The smallest absolute Gasteiger partial charge is 0.128 e. The average molecular weight is 331 g/mol. The number of carboxylic acids is 1. The number of aliphatic hydroxyl groups excluding tert-OH is 3. The second kappa shape index (κ2) is 11.8. The summed E-state index contributed by atoms with van der Waals surface area (Å²) in [5.41, 5.74) is 1.22. The van der Waals surface area contributed by atoms with Gasteiger partial charge in [-0.1, -0.05) is 6.07 Å². The maximum Gasteiger partial charge on any atom is 0.128 e. The summed E-state index contributed by atoms with van der Waals surface area (Å²) in [6.07, 6.45) is -0.597. The van der Waals surface area contributed by atoms with Crippen molar-refractivity contribution in [1.82, 2.24) is 0 Å². The summed E-state index contributed by atoms with van der Waals surface area (Å²) in [5.74, 6) is -1.02. The van der Waals surface area contributed by atoms with E-state index in [-0.39, 0.29) is 17.9 Å². The molecule has 0 spiro atoms. The number of carboxylic acid groups (broad SMARTS) is 1. The molecule has 0 aliphatic heterocycles. The Bertz CT molecular complexity index is 452. The van der Waals surface area contributed by atoms with Gasteiger partial charge in [-0.3, -0.25) is 0 Å². The number of carbonyl (C=O) groups excluding carboxylic acids is 1. The molecule has 0 aliphatic carbocycles. The standard InChI is InChI=1S/C13H21NO3.C2H4O2.CH4O/c1-13(2,3)14-7-12(17)9-4-5-11(16)10(6-9)8-15;1-2(3)4;1-2/h4-6,12,14-17H,7-8H2,1-3H3;1H3,(H,3,4);2H,1H3/t12-;;/m0../s1.